The van der Waals surface area contributed by atoms with Crippen LogP contribution in [0, 0.1) is 0 Å². The summed E-state index contributed by atoms with van der Waals surface area (Å²) in [5.41, 5.74) is 8.81. The zero-order valence-corrected chi connectivity index (χ0v) is 16.3. The molecule has 0 aliphatic heterocycles. The summed E-state index contributed by atoms with van der Waals surface area (Å²) in [5.74, 6) is 0.440. The van der Waals surface area contributed by atoms with Gasteiger partial charge in [0, 0.05) is 17.3 Å². The molecule has 0 fully saturated rings. The van der Waals surface area contributed by atoms with Crippen LogP contribution in [0.25, 0.3) is 17.2 Å². The van der Waals surface area contributed by atoms with Gasteiger partial charge in [-0.2, -0.15) is 0 Å². The number of benzene rings is 4. The molecule has 1 aliphatic rings. The van der Waals surface area contributed by atoms with Gasteiger partial charge >= 0.3 is 0 Å². The first-order valence-electron chi connectivity index (χ1n) is 10.1. The van der Waals surface area contributed by atoms with Crippen LogP contribution in [0.5, 0.6) is 0 Å². The second-order valence-electron chi connectivity index (χ2n) is 7.51. The Morgan fingerprint density at radius 2 is 1.21 bits per heavy atom. The molecule has 1 unspecified atom stereocenters. The van der Waals surface area contributed by atoms with Gasteiger partial charge in [0.2, 0.25) is 0 Å². The highest BCUT2D eigenvalue weighted by atomic mass is 14.9. The van der Waals surface area contributed by atoms with E-state index in [0.29, 0.717) is 5.92 Å². The molecule has 0 heterocycles. The molecule has 0 amide bonds. The van der Waals surface area contributed by atoms with E-state index >= 15 is 0 Å². The maximum absolute atomic E-state index is 3.52. The molecule has 140 valence electrons. The number of allylic oxidation sites excluding steroid dienone is 1. The first kappa shape index (κ1) is 17.5. The summed E-state index contributed by atoms with van der Waals surface area (Å²) < 4.78 is 0. The van der Waals surface area contributed by atoms with Gasteiger partial charge in [-0.05, 0) is 58.5 Å². The maximum Gasteiger partial charge on any atom is 0.0384 e. The molecule has 1 aliphatic carbocycles. The van der Waals surface area contributed by atoms with E-state index in [9.17, 15) is 0 Å². The van der Waals surface area contributed by atoms with Crippen LogP contribution in [0.3, 0.4) is 0 Å². The third-order valence-corrected chi connectivity index (χ3v) is 5.63. The highest BCUT2D eigenvalue weighted by Crippen LogP contribution is 2.35. The van der Waals surface area contributed by atoms with Crippen LogP contribution in [0.4, 0.5) is 11.4 Å². The first-order chi connectivity index (χ1) is 14.4. The number of nitrogens with one attached hydrogen (secondary N) is 1. The molecule has 1 heteroatoms. The minimum absolute atomic E-state index is 0.440. The number of hydrogen-bond acceptors (Lipinski definition) is 1. The third-order valence-electron chi connectivity index (χ3n) is 5.63. The molecular formula is C28H23N. The van der Waals surface area contributed by atoms with E-state index in [1.807, 2.05) is 6.07 Å². The smallest absolute Gasteiger partial charge is 0.0384 e. The van der Waals surface area contributed by atoms with E-state index in [0.717, 1.165) is 17.8 Å². The Bertz CT molecular complexity index is 1120. The predicted octanol–water partition coefficient (Wildman–Crippen LogP) is 7.65. The lowest BCUT2D eigenvalue weighted by atomic mass is 9.82. The molecule has 0 saturated heterocycles. The molecule has 0 bridgehead atoms. The van der Waals surface area contributed by atoms with Crippen LogP contribution in [0.2, 0.25) is 0 Å². The summed E-state index contributed by atoms with van der Waals surface area (Å²) in [7, 11) is 0. The van der Waals surface area contributed by atoms with Crippen LogP contribution in [0.1, 0.15) is 29.0 Å². The summed E-state index contributed by atoms with van der Waals surface area (Å²) in [5, 5.41) is 3.52. The van der Waals surface area contributed by atoms with E-state index in [-0.39, 0.29) is 0 Å². The van der Waals surface area contributed by atoms with E-state index in [4.69, 9.17) is 0 Å². The van der Waals surface area contributed by atoms with Crippen molar-refractivity contribution >= 4 is 17.5 Å². The topological polar surface area (TPSA) is 12.0 Å². The van der Waals surface area contributed by atoms with Crippen LogP contribution < -0.4 is 5.32 Å². The summed E-state index contributed by atoms with van der Waals surface area (Å²) >= 11 is 0. The van der Waals surface area contributed by atoms with Gasteiger partial charge in [0.1, 0.15) is 0 Å². The molecule has 1 atom stereocenters. The van der Waals surface area contributed by atoms with Gasteiger partial charge in [0.05, 0.1) is 0 Å². The second-order valence-corrected chi connectivity index (χ2v) is 7.51. The van der Waals surface area contributed by atoms with Crippen molar-refractivity contribution in [1.29, 1.82) is 0 Å². The lowest BCUT2D eigenvalue weighted by molar-refractivity contribution is 0.819. The van der Waals surface area contributed by atoms with Gasteiger partial charge in [-0.25, -0.2) is 0 Å². The van der Waals surface area contributed by atoms with Crippen LogP contribution in [0.15, 0.2) is 109 Å². The van der Waals surface area contributed by atoms with E-state index in [1.165, 1.54) is 27.8 Å². The van der Waals surface area contributed by atoms with Crippen molar-refractivity contribution in [1.82, 2.24) is 0 Å². The minimum Gasteiger partial charge on any atom is -0.356 e. The Balaban J connectivity index is 1.32. The van der Waals surface area contributed by atoms with Crippen LogP contribution in [-0.4, -0.2) is 0 Å². The largest absolute Gasteiger partial charge is 0.356 e. The summed E-state index contributed by atoms with van der Waals surface area (Å²) in [4.78, 5) is 0. The van der Waals surface area contributed by atoms with Gasteiger partial charge in [-0.1, -0.05) is 91.0 Å². The fourth-order valence-corrected chi connectivity index (χ4v) is 4.10. The number of hydrogen-bond donors (Lipinski definition) is 1. The lowest BCUT2D eigenvalue weighted by Crippen LogP contribution is -2.05. The van der Waals surface area contributed by atoms with Crippen molar-refractivity contribution in [3.8, 4) is 11.1 Å². The van der Waals surface area contributed by atoms with Crippen molar-refractivity contribution in [3.63, 3.8) is 0 Å². The Hall–Kier alpha value is -3.58. The molecule has 29 heavy (non-hydrogen) atoms. The molecule has 0 saturated carbocycles. The van der Waals surface area contributed by atoms with Crippen LogP contribution >= 0.6 is 0 Å². The van der Waals surface area contributed by atoms with Gasteiger partial charge in [-0.15, -0.1) is 0 Å². The Morgan fingerprint density at radius 3 is 1.97 bits per heavy atom. The van der Waals surface area contributed by atoms with Gasteiger partial charge in [0.25, 0.3) is 0 Å². The molecule has 1 nitrogen and oxygen atoms in total. The molecule has 0 aromatic heterocycles. The average Bonchev–Trinajstić information content (AvgIpc) is 2.80. The number of fused-ring (bicyclic) bond motifs is 1. The van der Waals surface area contributed by atoms with Crippen molar-refractivity contribution in [2.24, 2.45) is 0 Å². The van der Waals surface area contributed by atoms with Crippen LogP contribution in [-0.2, 0) is 0 Å². The third kappa shape index (κ3) is 3.72. The zero-order chi connectivity index (χ0) is 19.5. The van der Waals surface area contributed by atoms with E-state index < -0.39 is 0 Å². The summed E-state index contributed by atoms with van der Waals surface area (Å²) in [6.45, 7) is 0. The Labute approximate surface area is 172 Å². The first-order valence-corrected chi connectivity index (χ1v) is 10.1. The summed E-state index contributed by atoms with van der Waals surface area (Å²) in [6, 6.07) is 36.6. The quantitative estimate of drug-likeness (QED) is 0.387. The number of rotatable bonds is 4. The zero-order valence-electron chi connectivity index (χ0n) is 16.3. The monoisotopic (exact) mass is 373 g/mol. The normalized spacial score (nSPS) is 15.0. The van der Waals surface area contributed by atoms with E-state index in [2.05, 4.69) is 115 Å². The minimum atomic E-state index is 0.440. The highest BCUT2D eigenvalue weighted by Gasteiger charge is 2.18. The van der Waals surface area contributed by atoms with Gasteiger partial charge in [-0.3, -0.25) is 0 Å². The number of anilines is 2. The van der Waals surface area contributed by atoms with Crippen molar-refractivity contribution < 1.29 is 0 Å². The second kappa shape index (κ2) is 7.81. The molecule has 0 spiro atoms. The van der Waals surface area contributed by atoms with Gasteiger partial charge in [0.15, 0.2) is 0 Å². The fourth-order valence-electron chi connectivity index (χ4n) is 4.10. The molecule has 0 radical (unpaired) electrons. The Morgan fingerprint density at radius 1 is 0.586 bits per heavy atom. The van der Waals surface area contributed by atoms with Crippen molar-refractivity contribution in [2.75, 3.05) is 5.32 Å². The SMILES string of the molecule is C1=Cc2ccccc2C(c2ccc(Nc3ccc(-c4ccccc4)cc3)cc2)C1. The molecular weight excluding hydrogens is 350 g/mol. The van der Waals surface area contributed by atoms with Crippen molar-refractivity contribution in [2.45, 2.75) is 12.3 Å². The lowest BCUT2D eigenvalue weighted by Gasteiger charge is -2.22. The van der Waals surface area contributed by atoms with Gasteiger partial charge < -0.3 is 5.32 Å². The molecule has 4 aromatic rings. The Kier molecular flexibility index (Phi) is 4.72. The molecule has 4 aromatic carbocycles. The maximum atomic E-state index is 3.52. The van der Waals surface area contributed by atoms with E-state index in [1.54, 1.807) is 0 Å². The standard InChI is InChI=1S/C28H23N/c1-2-7-21(8-3-1)22-13-17-25(18-14-22)29-26-19-15-24(16-20-26)28-12-6-10-23-9-4-5-11-27(23)28/h1-11,13-20,28-29H,12H2. The van der Waals surface area contributed by atoms with Crippen molar-refractivity contribution in [3.05, 3.63) is 126 Å². The summed E-state index contributed by atoms with van der Waals surface area (Å²) in [6.07, 6.45) is 5.58. The average molecular weight is 373 g/mol. The predicted molar refractivity (Wildman–Crippen MR) is 124 cm³/mol. The fraction of sp³-hybridized carbons (Fsp3) is 0.0714. The molecule has 1 N–H and O–H groups in total. The highest BCUT2D eigenvalue weighted by molar-refractivity contribution is 5.68. The molecule has 5 rings (SSSR count).